The molecule has 0 unspecified atom stereocenters. The summed E-state index contributed by atoms with van der Waals surface area (Å²) in [5.41, 5.74) is 1.82. The maximum Gasteiger partial charge on any atom is 0.231 e. The number of benzene rings is 1. The first-order valence-corrected chi connectivity index (χ1v) is 9.40. The molecule has 0 saturated carbocycles. The number of fused-ring (bicyclic) bond motifs is 1. The molecule has 0 aliphatic carbocycles. The van der Waals surface area contributed by atoms with Crippen molar-refractivity contribution >= 4 is 42.1 Å². The van der Waals surface area contributed by atoms with Crippen molar-refractivity contribution in [2.45, 2.75) is 25.3 Å². The number of likely N-dealkylation sites (tertiary alicyclic amines) is 1. The van der Waals surface area contributed by atoms with E-state index in [0.717, 1.165) is 53.7 Å². The van der Waals surface area contributed by atoms with Gasteiger partial charge in [0, 0.05) is 30.1 Å². The van der Waals surface area contributed by atoms with Crippen molar-refractivity contribution in [3.63, 3.8) is 0 Å². The van der Waals surface area contributed by atoms with Crippen molar-refractivity contribution < 1.29 is 14.3 Å². The predicted molar refractivity (Wildman–Crippen MR) is 111 cm³/mol. The van der Waals surface area contributed by atoms with Crippen molar-refractivity contribution in [1.82, 2.24) is 15.2 Å². The summed E-state index contributed by atoms with van der Waals surface area (Å²) >= 11 is 1.55. The Morgan fingerprint density at radius 3 is 2.74 bits per heavy atom. The van der Waals surface area contributed by atoms with Gasteiger partial charge in [0.2, 0.25) is 12.7 Å². The Morgan fingerprint density at radius 2 is 2.00 bits per heavy atom. The Balaban J connectivity index is 0.00000131. The molecular formula is C18H23Cl2N3O3S. The second-order valence-corrected chi connectivity index (χ2v) is 7.19. The Bertz CT molecular complexity index is 779. The zero-order valence-corrected chi connectivity index (χ0v) is 17.4. The highest BCUT2D eigenvalue weighted by Crippen LogP contribution is 2.36. The van der Waals surface area contributed by atoms with Gasteiger partial charge in [-0.1, -0.05) is 0 Å². The number of carbonyl (C=O) groups is 1. The minimum atomic E-state index is 0. The Hall–Kier alpha value is -1.54. The van der Waals surface area contributed by atoms with Gasteiger partial charge in [0.15, 0.2) is 11.5 Å². The number of halogens is 2. The lowest BCUT2D eigenvalue weighted by Gasteiger charge is -2.31. The summed E-state index contributed by atoms with van der Waals surface area (Å²) in [6, 6.07) is 6.34. The van der Waals surface area contributed by atoms with Gasteiger partial charge in [0.05, 0.1) is 12.1 Å². The highest BCUT2D eigenvalue weighted by Gasteiger charge is 2.22. The van der Waals surface area contributed by atoms with Crippen molar-refractivity contribution in [1.29, 1.82) is 0 Å². The fraction of sp³-hybridized carbons (Fsp3) is 0.444. The molecule has 1 aromatic carbocycles. The highest BCUT2D eigenvalue weighted by molar-refractivity contribution is 7.13. The van der Waals surface area contributed by atoms with Crippen LogP contribution < -0.4 is 14.8 Å². The molecule has 0 atom stereocenters. The molecule has 1 saturated heterocycles. The van der Waals surface area contributed by atoms with Crippen LogP contribution >= 0.6 is 36.2 Å². The third-order valence-corrected chi connectivity index (χ3v) is 5.70. The number of amides is 1. The molecule has 3 heterocycles. The van der Waals surface area contributed by atoms with Crippen LogP contribution in [0, 0.1) is 0 Å². The van der Waals surface area contributed by atoms with Gasteiger partial charge in [-0.3, -0.25) is 4.79 Å². The zero-order valence-electron chi connectivity index (χ0n) is 15.0. The Morgan fingerprint density at radius 1 is 1.26 bits per heavy atom. The van der Waals surface area contributed by atoms with E-state index in [-0.39, 0.29) is 37.5 Å². The number of aromatic nitrogens is 1. The molecular weight excluding hydrogens is 409 g/mol. The molecule has 1 aromatic heterocycles. The van der Waals surface area contributed by atoms with Crippen LogP contribution in [-0.4, -0.2) is 48.8 Å². The van der Waals surface area contributed by atoms with Crippen LogP contribution in [-0.2, 0) is 11.2 Å². The number of piperidine rings is 1. The van der Waals surface area contributed by atoms with E-state index in [2.05, 4.69) is 10.3 Å². The van der Waals surface area contributed by atoms with Gasteiger partial charge < -0.3 is 19.7 Å². The number of thiazole rings is 1. The molecule has 9 heteroatoms. The largest absolute Gasteiger partial charge is 0.454 e. The van der Waals surface area contributed by atoms with Crippen LogP contribution in [0.25, 0.3) is 10.6 Å². The van der Waals surface area contributed by atoms with Crippen molar-refractivity contribution in [2.24, 2.45) is 0 Å². The monoisotopic (exact) mass is 431 g/mol. The van der Waals surface area contributed by atoms with E-state index in [9.17, 15) is 4.79 Å². The molecule has 0 radical (unpaired) electrons. The fourth-order valence-corrected chi connectivity index (χ4v) is 4.05. The maximum absolute atomic E-state index is 12.5. The molecule has 2 aliphatic rings. The molecule has 1 amide bonds. The minimum absolute atomic E-state index is 0. The van der Waals surface area contributed by atoms with E-state index < -0.39 is 0 Å². The molecule has 4 rings (SSSR count). The van der Waals surface area contributed by atoms with E-state index in [4.69, 9.17) is 9.47 Å². The summed E-state index contributed by atoms with van der Waals surface area (Å²) in [4.78, 5) is 19.1. The predicted octanol–water partition coefficient (Wildman–Crippen LogP) is 3.14. The van der Waals surface area contributed by atoms with Crippen LogP contribution in [0.5, 0.6) is 11.5 Å². The number of nitrogens with one attached hydrogen (secondary N) is 1. The van der Waals surface area contributed by atoms with E-state index in [1.54, 1.807) is 11.3 Å². The third kappa shape index (κ3) is 4.85. The van der Waals surface area contributed by atoms with Gasteiger partial charge in [-0.05, 0) is 38.1 Å². The summed E-state index contributed by atoms with van der Waals surface area (Å²) < 4.78 is 10.8. The molecule has 1 fully saturated rings. The third-order valence-electron chi connectivity index (χ3n) is 4.76. The second kappa shape index (κ2) is 9.59. The van der Waals surface area contributed by atoms with Gasteiger partial charge in [-0.2, -0.15) is 0 Å². The van der Waals surface area contributed by atoms with Gasteiger partial charge in [0.25, 0.3) is 0 Å². The molecule has 2 aliphatic heterocycles. The van der Waals surface area contributed by atoms with Crippen LogP contribution in [0.1, 0.15) is 18.5 Å². The highest BCUT2D eigenvalue weighted by atomic mass is 35.5. The minimum Gasteiger partial charge on any atom is -0.454 e. The van der Waals surface area contributed by atoms with E-state index in [0.29, 0.717) is 12.5 Å². The van der Waals surface area contributed by atoms with Crippen molar-refractivity contribution in [3.05, 3.63) is 29.3 Å². The van der Waals surface area contributed by atoms with Crippen LogP contribution in [0.2, 0.25) is 0 Å². The topological polar surface area (TPSA) is 63.7 Å². The number of hydrogen-bond acceptors (Lipinski definition) is 6. The number of ether oxygens (including phenoxy) is 2. The first-order valence-electron chi connectivity index (χ1n) is 8.52. The molecule has 0 spiro atoms. The average Bonchev–Trinajstić information content (AvgIpc) is 3.30. The smallest absolute Gasteiger partial charge is 0.231 e. The summed E-state index contributed by atoms with van der Waals surface area (Å²) in [5.74, 6) is 1.68. The normalized spacial score (nSPS) is 15.8. The molecule has 27 heavy (non-hydrogen) atoms. The van der Waals surface area contributed by atoms with Gasteiger partial charge in [0.1, 0.15) is 5.01 Å². The molecule has 1 N–H and O–H groups in total. The Kier molecular flexibility index (Phi) is 7.73. The number of rotatable bonds is 4. The van der Waals surface area contributed by atoms with Gasteiger partial charge >= 0.3 is 0 Å². The zero-order chi connectivity index (χ0) is 17.2. The first kappa shape index (κ1) is 21.8. The second-order valence-electron chi connectivity index (χ2n) is 6.33. The van der Waals surface area contributed by atoms with Crippen LogP contribution in [0.4, 0.5) is 0 Å². The molecule has 148 valence electrons. The lowest BCUT2D eigenvalue weighted by atomic mass is 10.0. The van der Waals surface area contributed by atoms with Gasteiger partial charge in [-0.15, -0.1) is 36.2 Å². The summed E-state index contributed by atoms with van der Waals surface area (Å²) in [7, 11) is 1.98. The summed E-state index contributed by atoms with van der Waals surface area (Å²) in [5, 5.41) is 6.15. The van der Waals surface area contributed by atoms with E-state index in [1.165, 1.54) is 0 Å². The quantitative estimate of drug-likeness (QED) is 0.805. The summed E-state index contributed by atoms with van der Waals surface area (Å²) in [6.45, 7) is 1.91. The number of nitrogens with zero attached hydrogens (tertiary/aromatic N) is 2. The first-order chi connectivity index (χ1) is 12.2. The van der Waals surface area contributed by atoms with E-state index >= 15 is 0 Å². The average molecular weight is 432 g/mol. The standard InChI is InChI=1S/C18H21N3O3S.2ClH/c1-19-13-4-6-21(7-5-13)17(22)9-14-10-25-18(20-14)12-2-3-15-16(8-12)24-11-23-15;;/h2-3,8,10,13,19H,4-7,9,11H2,1H3;2*1H. The molecule has 2 aromatic rings. The Labute approximate surface area is 175 Å². The fourth-order valence-electron chi connectivity index (χ4n) is 3.23. The lowest BCUT2D eigenvalue weighted by molar-refractivity contribution is -0.131. The number of hydrogen-bond donors (Lipinski definition) is 1. The van der Waals surface area contributed by atoms with Gasteiger partial charge in [-0.25, -0.2) is 4.98 Å². The summed E-state index contributed by atoms with van der Waals surface area (Å²) in [6.07, 6.45) is 2.40. The van der Waals surface area contributed by atoms with Crippen LogP contribution in [0.15, 0.2) is 23.6 Å². The SMILES string of the molecule is CNC1CCN(C(=O)Cc2csc(-c3ccc4c(c3)OCO4)n2)CC1.Cl.Cl. The van der Waals surface area contributed by atoms with Crippen molar-refractivity contribution in [2.75, 3.05) is 26.9 Å². The number of carbonyl (C=O) groups excluding carboxylic acids is 1. The van der Waals surface area contributed by atoms with Crippen molar-refractivity contribution in [3.8, 4) is 22.1 Å². The lowest BCUT2D eigenvalue weighted by Crippen LogP contribution is -2.44. The molecule has 0 bridgehead atoms. The van der Waals surface area contributed by atoms with Crippen LogP contribution in [0.3, 0.4) is 0 Å². The maximum atomic E-state index is 12.5. The molecule has 6 nitrogen and oxygen atoms in total. The van der Waals surface area contributed by atoms with E-state index in [1.807, 2.05) is 35.5 Å².